The van der Waals surface area contributed by atoms with Gasteiger partial charge >= 0.3 is 0 Å². The van der Waals surface area contributed by atoms with E-state index in [4.69, 9.17) is 10.5 Å². The number of hydrogen-bond donors (Lipinski definition) is 1. The molecule has 2 aromatic carbocycles. The Morgan fingerprint density at radius 1 is 1.05 bits per heavy atom. The summed E-state index contributed by atoms with van der Waals surface area (Å²) in [5, 5.41) is 0. The third-order valence-corrected chi connectivity index (χ3v) is 3.14. The van der Waals surface area contributed by atoms with Crippen LogP contribution in [-0.2, 0) is 0 Å². The maximum atomic E-state index is 6.19. The van der Waals surface area contributed by atoms with Gasteiger partial charge in [-0.1, -0.05) is 48.0 Å². The van der Waals surface area contributed by atoms with Gasteiger partial charge in [0.05, 0.1) is 6.61 Å². The molecule has 0 aliphatic carbocycles. The van der Waals surface area contributed by atoms with Gasteiger partial charge in [-0.3, -0.25) is 0 Å². The number of ether oxygens (including phenoxy) is 1. The molecule has 0 aliphatic rings. The van der Waals surface area contributed by atoms with E-state index >= 15 is 0 Å². The molecule has 0 aliphatic heterocycles. The highest BCUT2D eigenvalue weighted by Gasteiger charge is 2.05. The molecule has 0 saturated heterocycles. The Morgan fingerprint density at radius 2 is 1.84 bits per heavy atom. The van der Waals surface area contributed by atoms with Crippen LogP contribution in [0.5, 0.6) is 5.75 Å². The Labute approximate surface area is 115 Å². The van der Waals surface area contributed by atoms with Gasteiger partial charge in [0.25, 0.3) is 0 Å². The maximum Gasteiger partial charge on any atom is 0.119 e. The molecule has 0 fully saturated rings. The zero-order chi connectivity index (χ0) is 13.5. The van der Waals surface area contributed by atoms with Gasteiger partial charge in [-0.2, -0.15) is 0 Å². The number of benzene rings is 2. The van der Waals surface area contributed by atoms with Crippen LogP contribution in [0.25, 0.3) is 0 Å². The minimum Gasteiger partial charge on any atom is -0.494 e. The minimum atomic E-state index is 0.0965. The molecule has 1 atom stereocenters. The van der Waals surface area contributed by atoms with Crippen LogP contribution in [0.4, 0.5) is 0 Å². The molecule has 0 radical (unpaired) electrons. The zero-order valence-corrected chi connectivity index (χ0v) is 11.4. The fraction of sp³-hybridized carbons (Fsp3) is 0.294. The summed E-state index contributed by atoms with van der Waals surface area (Å²) in [5.74, 6) is 0.923. The molecular formula is C17H21NO. The molecule has 0 heterocycles. The summed E-state index contributed by atoms with van der Waals surface area (Å²) in [5.41, 5.74) is 8.65. The fourth-order valence-corrected chi connectivity index (χ4v) is 2.08. The molecule has 2 rings (SSSR count). The van der Waals surface area contributed by atoms with Crippen molar-refractivity contribution in [3.8, 4) is 5.75 Å². The Morgan fingerprint density at radius 3 is 2.58 bits per heavy atom. The first kappa shape index (κ1) is 13.6. The molecule has 2 aromatic rings. The van der Waals surface area contributed by atoms with Crippen LogP contribution in [0.2, 0.25) is 0 Å². The van der Waals surface area contributed by atoms with E-state index < -0.39 is 0 Å². The molecule has 0 bridgehead atoms. The van der Waals surface area contributed by atoms with Crippen molar-refractivity contribution >= 4 is 0 Å². The van der Waals surface area contributed by atoms with Crippen LogP contribution in [0.3, 0.4) is 0 Å². The molecule has 2 nitrogen and oxygen atoms in total. The Kier molecular flexibility index (Phi) is 4.99. The molecule has 0 spiro atoms. The fourth-order valence-electron chi connectivity index (χ4n) is 2.08. The van der Waals surface area contributed by atoms with Crippen LogP contribution < -0.4 is 10.5 Å². The van der Waals surface area contributed by atoms with Gasteiger partial charge in [0.1, 0.15) is 5.75 Å². The monoisotopic (exact) mass is 255 g/mol. The summed E-state index contributed by atoms with van der Waals surface area (Å²) >= 11 is 0. The van der Waals surface area contributed by atoms with E-state index in [0.717, 1.165) is 18.6 Å². The molecular weight excluding hydrogens is 234 g/mol. The average Bonchev–Trinajstić information content (AvgIpc) is 2.44. The molecule has 0 saturated carbocycles. The average molecular weight is 255 g/mol. The number of hydrogen-bond acceptors (Lipinski definition) is 2. The van der Waals surface area contributed by atoms with Crippen molar-refractivity contribution in [1.29, 1.82) is 0 Å². The van der Waals surface area contributed by atoms with E-state index in [1.54, 1.807) is 0 Å². The number of aryl methyl sites for hydroxylation is 1. The largest absolute Gasteiger partial charge is 0.494 e. The zero-order valence-electron chi connectivity index (χ0n) is 11.4. The molecule has 0 amide bonds. The molecule has 1 unspecified atom stereocenters. The van der Waals surface area contributed by atoms with Crippen molar-refractivity contribution < 1.29 is 4.74 Å². The SMILES string of the molecule is Cc1cccc(C(N)CCCOc2ccccc2)c1. The minimum absolute atomic E-state index is 0.0965. The normalized spacial score (nSPS) is 12.1. The highest BCUT2D eigenvalue weighted by atomic mass is 16.5. The van der Waals surface area contributed by atoms with E-state index in [-0.39, 0.29) is 6.04 Å². The highest BCUT2D eigenvalue weighted by molar-refractivity contribution is 5.24. The van der Waals surface area contributed by atoms with Gasteiger partial charge in [-0.05, 0) is 37.5 Å². The van der Waals surface area contributed by atoms with E-state index in [1.165, 1.54) is 11.1 Å². The first-order valence-electron chi connectivity index (χ1n) is 6.76. The summed E-state index contributed by atoms with van der Waals surface area (Å²) in [6.45, 7) is 2.80. The quantitative estimate of drug-likeness (QED) is 0.796. The van der Waals surface area contributed by atoms with E-state index in [1.807, 2.05) is 30.3 Å². The van der Waals surface area contributed by atoms with Gasteiger partial charge in [0, 0.05) is 6.04 Å². The first-order chi connectivity index (χ1) is 9.25. The van der Waals surface area contributed by atoms with Gasteiger partial charge in [-0.25, -0.2) is 0 Å². The number of para-hydroxylation sites is 1. The van der Waals surface area contributed by atoms with Crippen LogP contribution in [0.1, 0.15) is 30.0 Å². The van der Waals surface area contributed by atoms with Crippen molar-refractivity contribution in [2.45, 2.75) is 25.8 Å². The standard InChI is InChI=1S/C17H21NO/c1-14-7-5-8-15(13-14)17(18)11-6-12-19-16-9-3-2-4-10-16/h2-5,7-10,13,17H,6,11-12,18H2,1H3. The summed E-state index contributed by atoms with van der Waals surface area (Å²) in [6.07, 6.45) is 1.90. The van der Waals surface area contributed by atoms with Crippen LogP contribution >= 0.6 is 0 Å². The van der Waals surface area contributed by atoms with E-state index in [2.05, 4.69) is 31.2 Å². The predicted octanol–water partition coefficient (Wildman–Crippen LogP) is 3.85. The molecule has 100 valence electrons. The second-order valence-electron chi connectivity index (χ2n) is 4.82. The molecule has 2 N–H and O–H groups in total. The van der Waals surface area contributed by atoms with Crippen LogP contribution in [-0.4, -0.2) is 6.61 Å². The Bertz CT molecular complexity index is 496. The molecule has 2 heteroatoms. The lowest BCUT2D eigenvalue weighted by molar-refractivity contribution is 0.302. The van der Waals surface area contributed by atoms with E-state index in [9.17, 15) is 0 Å². The summed E-state index contributed by atoms with van der Waals surface area (Å²) in [7, 11) is 0. The number of nitrogens with two attached hydrogens (primary N) is 1. The van der Waals surface area contributed by atoms with Crippen molar-refractivity contribution in [3.05, 3.63) is 65.7 Å². The van der Waals surface area contributed by atoms with Crippen LogP contribution in [0, 0.1) is 6.92 Å². The first-order valence-corrected chi connectivity index (χ1v) is 6.76. The summed E-state index contributed by atoms with van der Waals surface area (Å²) < 4.78 is 5.66. The lowest BCUT2D eigenvalue weighted by Gasteiger charge is -2.13. The topological polar surface area (TPSA) is 35.2 Å². The van der Waals surface area contributed by atoms with Crippen molar-refractivity contribution in [3.63, 3.8) is 0 Å². The lowest BCUT2D eigenvalue weighted by Crippen LogP contribution is -2.12. The van der Waals surface area contributed by atoms with E-state index in [0.29, 0.717) is 6.61 Å². The lowest BCUT2D eigenvalue weighted by atomic mass is 10.0. The van der Waals surface area contributed by atoms with Gasteiger partial charge in [-0.15, -0.1) is 0 Å². The third-order valence-electron chi connectivity index (χ3n) is 3.14. The molecule has 0 aromatic heterocycles. The summed E-state index contributed by atoms with van der Waals surface area (Å²) in [6, 6.07) is 18.4. The third kappa shape index (κ3) is 4.42. The Hall–Kier alpha value is -1.80. The second-order valence-corrected chi connectivity index (χ2v) is 4.82. The van der Waals surface area contributed by atoms with Crippen molar-refractivity contribution in [2.75, 3.05) is 6.61 Å². The second kappa shape index (κ2) is 6.95. The van der Waals surface area contributed by atoms with Gasteiger partial charge < -0.3 is 10.5 Å². The summed E-state index contributed by atoms with van der Waals surface area (Å²) in [4.78, 5) is 0. The smallest absolute Gasteiger partial charge is 0.119 e. The van der Waals surface area contributed by atoms with Crippen LogP contribution in [0.15, 0.2) is 54.6 Å². The van der Waals surface area contributed by atoms with Crippen molar-refractivity contribution in [2.24, 2.45) is 5.73 Å². The van der Waals surface area contributed by atoms with Gasteiger partial charge in [0.2, 0.25) is 0 Å². The maximum absolute atomic E-state index is 6.19. The Balaban J connectivity index is 1.74. The van der Waals surface area contributed by atoms with Gasteiger partial charge in [0.15, 0.2) is 0 Å². The highest BCUT2D eigenvalue weighted by Crippen LogP contribution is 2.17. The number of rotatable bonds is 6. The predicted molar refractivity (Wildman–Crippen MR) is 79.3 cm³/mol. The van der Waals surface area contributed by atoms with Crippen molar-refractivity contribution in [1.82, 2.24) is 0 Å². The molecule has 19 heavy (non-hydrogen) atoms.